The van der Waals surface area contributed by atoms with Crippen molar-refractivity contribution in [2.45, 2.75) is 20.3 Å². The van der Waals surface area contributed by atoms with Gasteiger partial charge in [0.05, 0.1) is 12.1 Å². The van der Waals surface area contributed by atoms with Gasteiger partial charge < -0.3 is 10.3 Å². The van der Waals surface area contributed by atoms with Crippen LogP contribution in [0.15, 0.2) is 18.5 Å². The first kappa shape index (κ1) is 10.9. The van der Waals surface area contributed by atoms with E-state index >= 15 is 0 Å². The summed E-state index contributed by atoms with van der Waals surface area (Å²) >= 11 is 1.50. The summed E-state index contributed by atoms with van der Waals surface area (Å²) < 4.78 is 0. The second-order valence-electron chi connectivity index (χ2n) is 3.60. The number of aromatic nitrogens is 2. The monoisotopic (exact) mass is 235 g/mol. The maximum absolute atomic E-state index is 11.6. The zero-order valence-corrected chi connectivity index (χ0v) is 10.0. The van der Waals surface area contributed by atoms with Crippen LogP contribution in [0.25, 0.3) is 0 Å². The molecule has 2 N–H and O–H groups in total. The number of anilines is 1. The van der Waals surface area contributed by atoms with Gasteiger partial charge in [-0.15, -0.1) is 11.3 Å². The van der Waals surface area contributed by atoms with E-state index in [9.17, 15) is 4.79 Å². The molecule has 0 radical (unpaired) electrons. The number of carbonyl (C=O) groups excluding carboxylic acids is 1. The van der Waals surface area contributed by atoms with E-state index in [0.29, 0.717) is 11.6 Å². The van der Waals surface area contributed by atoms with Crippen LogP contribution in [-0.2, 0) is 11.2 Å². The fourth-order valence-electron chi connectivity index (χ4n) is 1.34. The Hall–Kier alpha value is -1.62. The van der Waals surface area contributed by atoms with Crippen LogP contribution in [-0.4, -0.2) is 15.9 Å². The van der Waals surface area contributed by atoms with Crippen molar-refractivity contribution < 1.29 is 4.79 Å². The Balaban J connectivity index is 1.97. The van der Waals surface area contributed by atoms with Gasteiger partial charge >= 0.3 is 0 Å². The molecule has 0 aliphatic carbocycles. The Morgan fingerprint density at radius 3 is 2.94 bits per heavy atom. The van der Waals surface area contributed by atoms with Gasteiger partial charge in [-0.3, -0.25) is 4.79 Å². The number of thiazole rings is 1. The van der Waals surface area contributed by atoms with Crippen molar-refractivity contribution in [1.82, 2.24) is 9.97 Å². The predicted molar refractivity (Wildman–Crippen MR) is 64.7 cm³/mol. The lowest BCUT2D eigenvalue weighted by Gasteiger charge is -1.98. The van der Waals surface area contributed by atoms with Crippen molar-refractivity contribution in [3.05, 3.63) is 34.6 Å². The largest absolute Gasteiger partial charge is 0.367 e. The van der Waals surface area contributed by atoms with Gasteiger partial charge in [0.1, 0.15) is 0 Å². The lowest BCUT2D eigenvalue weighted by molar-refractivity contribution is -0.115. The first-order valence-electron chi connectivity index (χ1n) is 5.00. The second kappa shape index (κ2) is 4.49. The van der Waals surface area contributed by atoms with Gasteiger partial charge in [-0.2, -0.15) is 0 Å². The molecule has 0 bridgehead atoms. The highest BCUT2D eigenvalue weighted by Gasteiger charge is 2.08. The van der Waals surface area contributed by atoms with Crippen molar-refractivity contribution in [3.63, 3.8) is 0 Å². The van der Waals surface area contributed by atoms with Gasteiger partial charge in [-0.25, -0.2) is 4.98 Å². The highest BCUT2D eigenvalue weighted by molar-refractivity contribution is 7.15. The van der Waals surface area contributed by atoms with Crippen LogP contribution in [0.3, 0.4) is 0 Å². The molecule has 0 atom stereocenters. The molecule has 0 saturated carbocycles. The molecule has 0 aliphatic heterocycles. The molecule has 84 valence electrons. The number of rotatable bonds is 3. The summed E-state index contributed by atoms with van der Waals surface area (Å²) in [4.78, 5) is 20.0. The third kappa shape index (κ3) is 2.49. The summed E-state index contributed by atoms with van der Waals surface area (Å²) in [5, 5.41) is 3.47. The molecule has 0 aromatic carbocycles. The number of H-pyrrole nitrogens is 1. The number of hydrogen-bond donors (Lipinski definition) is 2. The van der Waals surface area contributed by atoms with Gasteiger partial charge in [-0.05, 0) is 25.5 Å². The summed E-state index contributed by atoms with van der Waals surface area (Å²) in [7, 11) is 0. The Bertz CT molecular complexity index is 468. The minimum absolute atomic E-state index is 0.0339. The zero-order valence-electron chi connectivity index (χ0n) is 9.20. The van der Waals surface area contributed by atoms with E-state index < -0.39 is 0 Å². The number of hydrogen-bond acceptors (Lipinski definition) is 3. The fourth-order valence-corrected chi connectivity index (χ4v) is 2.17. The van der Waals surface area contributed by atoms with Crippen LogP contribution in [0.5, 0.6) is 0 Å². The van der Waals surface area contributed by atoms with Crippen molar-refractivity contribution in [2.24, 2.45) is 0 Å². The van der Waals surface area contributed by atoms with E-state index in [2.05, 4.69) is 15.3 Å². The highest BCUT2D eigenvalue weighted by Crippen LogP contribution is 2.21. The Morgan fingerprint density at radius 2 is 2.38 bits per heavy atom. The molecule has 1 amide bonds. The van der Waals surface area contributed by atoms with Crippen molar-refractivity contribution in [2.75, 3.05) is 5.32 Å². The summed E-state index contributed by atoms with van der Waals surface area (Å²) in [6, 6.07) is 1.89. The van der Waals surface area contributed by atoms with Crippen LogP contribution in [0.2, 0.25) is 0 Å². The summed E-state index contributed by atoms with van der Waals surface area (Å²) in [5.41, 5.74) is 1.95. The molecule has 0 fully saturated rings. The maximum Gasteiger partial charge on any atom is 0.230 e. The van der Waals surface area contributed by atoms with Crippen LogP contribution >= 0.6 is 11.3 Å². The van der Waals surface area contributed by atoms with Crippen molar-refractivity contribution in [1.29, 1.82) is 0 Å². The fraction of sp³-hybridized carbons (Fsp3) is 0.273. The predicted octanol–water partition coefficient (Wildman–Crippen LogP) is 2.27. The number of amides is 1. The molecule has 0 aliphatic rings. The molecular formula is C11H13N3OS. The smallest absolute Gasteiger partial charge is 0.230 e. The molecule has 2 rings (SSSR count). The van der Waals surface area contributed by atoms with Gasteiger partial charge in [0.15, 0.2) is 5.13 Å². The molecule has 5 heteroatoms. The Morgan fingerprint density at radius 1 is 1.56 bits per heavy atom. The van der Waals surface area contributed by atoms with Crippen LogP contribution in [0.4, 0.5) is 5.13 Å². The summed E-state index contributed by atoms with van der Waals surface area (Å²) in [6.45, 7) is 3.93. The molecule has 2 aromatic heterocycles. The van der Waals surface area contributed by atoms with Crippen LogP contribution in [0.1, 0.15) is 16.1 Å². The van der Waals surface area contributed by atoms with Gasteiger partial charge in [-0.1, -0.05) is 0 Å². The third-order valence-corrected chi connectivity index (χ3v) is 3.29. The first-order chi connectivity index (χ1) is 7.65. The highest BCUT2D eigenvalue weighted by atomic mass is 32.1. The SMILES string of the molecule is Cc1nc(NC(=O)Cc2cc[nH]c2)sc1C. The summed E-state index contributed by atoms with van der Waals surface area (Å²) in [6.07, 6.45) is 4.00. The van der Waals surface area contributed by atoms with Crippen LogP contribution in [0, 0.1) is 13.8 Å². The van der Waals surface area contributed by atoms with Gasteiger partial charge in [0.2, 0.25) is 5.91 Å². The molecule has 2 aromatic rings. The van der Waals surface area contributed by atoms with Crippen molar-refractivity contribution >= 4 is 22.4 Å². The van der Waals surface area contributed by atoms with E-state index in [1.165, 1.54) is 11.3 Å². The minimum Gasteiger partial charge on any atom is -0.367 e. The molecule has 4 nitrogen and oxygen atoms in total. The Labute approximate surface area is 97.7 Å². The van der Waals surface area contributed by atoms with Gasteiger partial charge in [0.25, 0.3) is 0 Å². The molecular weight excluding hydrogens is 222 g/mol. The van der Waals surface area contributed by atoms with Crippen LogP contribution < -0.4 is 5.32 Å². The van der Waals surface area contributed by atoms with Gasteiger partial charge in [0, 0.05) is 17.3 Å². The van der Waals surface area contributed by atoms with E-state index in [0.717, 1.165) is 16.1 Å². The second-order valence-corrected chi connectivity index (χ2v) is 4.81. The minimum atomic E-state index is -0.0339. The number of aromatic amines is 1. The normalized spacial score (nSPS) is 10.4. The van der Waals surface area contributed by atoms with E-state index in [4.69, 9.17) is 0 Å². The topological polar surface area (TPSA) is 57.8 Å². The number of nitrogens with one attached hydrogen (secondary N) is 2. The lowest BCUT2D eigenvalue weighted by Crippen LogP contribution is -2.13. The number of carbonyl (C=O) groups is 1. The molecule has 0 spiro atoms. The first-order valence-corrected chi connectivity index (χ1v) is 5.82. The summed E-state index contributed by atoms with van der Waals surface area (Å²) in [5.74, 6) is -0.0339. The molecule has 0 unspecified atom stereocenters. The average Bonchev–Trinajstić information content (AvgIpc) is 2.78. The average molecular weight is 235 g/mol. The lowest BCUT2D eigenvalue weighted by atomic mass is 10.2. The quantitative estimate of drug-likeness (QED) is 0.857. The molecule has 16 heavy (non-hydrogen) atoms. The maximum atomic E-state index is 11.6. The number of aryl methyl sites for hydroxylation is 2. The third-order valence-electron chi connectivity index (χ3n) is 2.30. The van der Waals surface area contributed by atoms with E-state index in [1.807, 2.05) is 26.1 Å². The number of nitrogens with zero attached hydrogens (tertiary/aromatic N) is 1. The Kier molecular flexibility index (Phi) is 3.05. The molecule has 2 heterocycles. The standard InChI is InChI=1S/C11H13N3OS/c1-7-8(2)16-11(13-7)14-10(15)5-9-3-4-12-6-9/h3-4,6,12H,5H2,1-2H3,(H,13,14,15). The van der Waals surface area contributed by atoms with Crippen molar-refractivity contribution in [3.8, 4) is 0 Å². The van der Waals surface area contributed by atoms with E-state index in [-0.39, 0.29) is 5.91 Å². The van der Waals surface area contributed by atoms with E-state index in [1.54, 1.807) is 6.20 Å². The molecule has 0 saturated heterocycles. The zero-order chi connectivity index (χ0) is 11.5.